The van der Waals surface area contributed by atoms with Crippen LogP contribution in [0.4, 0.5) is 4.39 Å². The van der Waals surface area contributed by atoms with E-state index >= 15 is 0 Å². The highest BCUT2D eigenvalue weighted by Gasteiger charge is 2.11. The summed E-state index contributed by atoms with van der Waals surface area (Å²) in [5, 5.41) is 2.74. The van der Waals surface area contributed by atoms with Crippen molar-refractivity contribution in [1.29, 1.82) is 0 Å². The van der Waals surface area contributed by atoms with Gasteiger partial charge < -0.3 is 5.32 Å². The quantitative estimate of drug-likeness (QED) is 0.432. The minimum Gasteiger partial charge on any atom is -0.352 e. The highest BCUT2D eigenvalue weighted by molar-refractivity contribution is 5.79. The number of nitrogens with one attached hydrogen (secondary N) is 1. The maximum Gasteiger partial charge on any atom is 0.220 e. The van der Waals surface area contributed by atoms with Crippen molar-refractivity contribution in [1.82, 2.24) is 19.9 Å². The van der Waals surface area contributed by atoms with Gasteiger partial charge in [0.1, 0.15) is 6.33 Å². The second-order valence-corrected chi connectivity index (χ2v) is 6.26. The monoisotopic (exact) mass is 360 g/mol. The Hall–Kier alpha value is -3.54. The Morgan fingerprint density at radius 2 is 2.00 bits per heavy atom. The molecular formula is C21H17FN4O. The Morgan fingerprint density at radius 1 is 1.11 bits per heavy atom. The van der Waals surface area contributed by atoms with Crippen LogP contribution in [-0.4, -0.2) is 20.9 Å². The topological polar surface area (TPSA) is 59.8 Å². The van der Waals surface area contributed by atoms with Crippen molar-refractivity contribution >= 4 is 17.4 Å². The average Bonchev–Trinajstić information content (AvgIpc) is 3.12. The number of aromatic nitrogens is 3. The van der Waals surface area contributed by atoms with Crippen molar-refractivity contribution < 1.29 is 9.18 Å². The standard InChI is InChI=1S/C21H17FN4O/c1-14(25-13-27)15-7-8-20-19(11-15)24-12-26(20)17-5-2-4-16(10-17)18-6-3-9-23-21(18)22/h2-14H,1H3,(H,25,27). The van der Waals surface area contributed by atoms with Crippen LogP contribution in [0, 0.1) is 5.95 Å². The molecule has 0 fully saturated rings. The molecule has 1 N–H and O–H groups in total. The molecule has 1 amide bonds. The van der Waals surface area contributed by atoms with E-state index in [0.717, 1.165) is 27.8 Å². The van der Waals surface area contributed by atoms with E-state index < -0.39 is 5.95 Å². The van der Waals surface area contributed by atoms with Crippen LogP contribution in [0.1, 0.15) is 18.5 Å². The third kappa shape index (κ3) is 3.17. The van der Waals surface area contributed by atoms with Gasteiger partial charge in [0.25, 0.3) is 0 Å². The minimum atomic E-state index is -0.494. The summed E-state index contributed by atoms with van der Waals surface area (Å²) in [6.45, 7) is 1.92. The predicted molar refractivity (Wildman–Crippen MR) is 102 cm³/mol. The number of carbonyl (C=O) groups is 1. The molecule has 0 aliphatic rings. The number of hydrogen-bond donors (Lipinski definition) is 1. The summed E-state index contributed by atoms with van der Waals surface area (Å²) in [6, 6.07) is 16.8. The predicted octanol–water partition coefficient (Wildman–Crippen LogP) is 4.03. The molecule has 0 saturated carbocycles. The molecule has 2 aromatic heterocycles. The van der Waals surface area contributed by atoms with Gasteiger partial charge in [-0.05, 0) is 54.4 Å². The van der Waals surface area contributed by atoms with Crippen molar-refractivity contribution in [3.05, 3.63) is 78.6 Å². The van der Waals surface area contributed by atoms with Crippen LogP contribution < -0.4 is 5.32 Å². The van der Waals surface area contributed by atoms with E-state index in [1.54, 1.807) is 18.5 Å². The highest BCUT2D eigenvalue weighted by Crippen LogP contribution is 2.26. The van der Waals surface area contributed by atoms with Gasteiger partial charge in [0.05, 0.1) is 17.1 Å². The SMILES string of the molecule is CC(NC=O)c1ccc2c(c1)ncn2-c1cccc(-c2cccnc2F)c1. The summed E-state index contributed by atoms with van der Waals surface area (Å²) in [4.78, 5) is 18.9. The second kappa shape index (κ2) is 6.99. The van der Waals surface area contributed by atoms with Crippen molar-refractivity contribution in [2.24, 2.45) is 0 Å². The van der Waals surface area contributed by atoms with Crippen LogP contribution >= 0.6 is 0 Å². The molecule has 134 valence electrons. The van der Waals surface area contributed by atoms with Gasteiger partial charge >= 0.3 is 0 Å². The number of hydrogen-bond acceptors (Lipinski definition) is 3. The van der Waals surface area contributed by atoms with Gasteiger partial charge in [-0.15, -0.1) is 0 Å². The second-order valence-electron chi connectivity index (χ2n) is 6.26. The summed E-state index contributed by atoms with van der Waals surface area (Å²) in [7, 11) is 0. The largest absolute Gasteiger partial charge is 0.352 e. The Balaban J connectivity index is 1.76. The number of imidazole rings is 1. The summed E-state index contributed by atoms with van der Waals surface area (Å²) in [5.41, 5.74) is 4.82. The summed E-state index contributed by atoms with van der Waals surface area (Å²) < 4.78 is 16.0. The minimum absolute atomic E-state index is 0.0890. The van der Waals surface area contributed by atoms with Gasteiger partial charge in [0.15, 0.2) is 0 Å². The molecule has 6 heteroatoms. The van der Waals surface area contributed by atoms with Crippen LogP contribution in [0.3, 0.4) is 0 Å². The lowest BCUT2D eigenvalue weighted by Crippen LogP contribution is -2.15. The Kier molecular flexibility index (Phi) is 4.38. The van der Waals surface area contributed by atoms with E-state index in [-0.39, 0.29) is 6.04 Å². The maximum absolute atomic E-state index is 14.0. The molecule has 4 rings (SSSR count). The maximum atomic E-state index is 14.0. The fourth-order valence-electron chi connectivity index (χ4n) is 3.13. The van der Waals surface area contributed by atoms with Crippen molar-refractivity contribution in [2.45, 2.75) is 13.0 Å². The lowest BCUT2D eigenvalue weighted by atomic mass is 10.1. The Labute approximate surface area is 155 Å². The van der Waals surface area contributed by atoms with Gasteiger partial charge in [-0.25, -0.2) is 9.97 Å². The zero-order chi connectivity index (χ0) is 18.8. The smallest absolute Gasteiger partial charge is 0.220 e. The zero-order valence-corrected chi connectivity index (χ0v) is 14.6. The third-order valence-corrected chi connectivity index (χ3v) is 4.58. The number of pyridine rings is 1. The molecule has 1 atom stereocenters. The molecule has 0 aliphatic carbocycles. The Morgan fingerprint density at radius 3 is 2.81 bits per heavy atom. The fourth-order valence-corrected chi connectivity index (χ4v) is 3.13. The lowest BCUT2D eigenvalue weighted by molar-refractivity contribution is -0.110. The number of halogens is 1. The summed E-state index contributed by atoms with van der Waals surface area (Å²) in [6.07, 6.45) is 3.87. The lowest BCUT2D eigenvalue weighted by Gasteiger charge is -2.11. The molecule has 27 heavy (non-hydrogen) atoms. The molecule has 0 spiro atoms. The van der Waals surface area contributed by atoms with Gasteiger partial charge in [-0.2, -0.15) is 4.39 Å². The van der Waals surface area contributed by atoms with Gasteiger partial charge in [-0.3, -0.25) is 9.36 Å². The van der Waals surface area contributed by atoms with E-state index in [1.807, 2.05) is 54.0 Å². The molecule has 0 saturated heterocycles. The van der Waals surface area contributed by atoms with Crippen molar-refractivity contribution in [3.63, 3.8) is 0 Å². The van der Waals surface area contributed by atoms with Crippen LogP contribution in [0.5, 0.6) is 0 Å². The molecular weight excluding hydrogens is 343 g/mol. The molecule has 5 nitrogen and oxygen atoms in total. The number of carbonyl (C=O) groups excluding carboxylic acids is 1. The summed E-state index contributed by atoms with van der Waals surface area (Å²) in [5.74, 6) is -0.494. The normalized spacial score (nSPS) is 12.1. The molecule has 4 aromatic rings. The number of nitrogens with zero attached hydrogens (tertiary/aromatic N) is 3. The fraction of sp³-hybridized carbons (Fsp3) is 0.0952. The van der Waals surface area contributed by atoms with Crippen LogP contribution in [0.15, 0.2) is 67.1 Å². The molecule has 1 unspecified atom stereocenters. The molecule has 2 aromatic carbocycles. The first-order valence-electron chi connectivity index (χ1n) is 8.55. The number of rotatable bonds is 5. The van der Waals surface area contributed by atoms with Crippen LogP contribution in [0.2, 0.25) is 0 Å². The number of amides is 1. The molecule has 2 heterocycles. The Bertz CT molecular complexity index is 1120. The van der Waals surface area contributed by atoms with E-state index in [1.165, 1.54) is 6.20 Å². The first-order chi connectivity index (χ1) is 13.2. The van der Waals surface area contributed by atoms with Crippen LogP contribution in [0.25, 0.3) is 27.8 Å². The molecule has 0 radical (unpaired) electrons. The third-order valence-electron chi connectivity index (χ3n) is 4.58. The number of fused-ring (bicyclic) bond motifs is 1. The van der Waals surface area contributed by atoms with Crippen molar-refractivity contribution in [2.75, 3.05) is 0 Å². The van der Waals surface area contributed by atoms with E-state index in [4.69, 9.17) is 0 Å². The van der Waals surface area contributed by atoms with Gasteiger partial charge in [0, 0.05) is 17.4 Å². The highest BCUT2D eigenvalue weighted by atomic mass is 19.1. The first-order valence-corrected chi connectivity index (χ1v) is 8.55. The van der Waals surface area contributed by atoms with E-state index in [0.29, 0.717) is 12.0 Å². The van der Waals surface area contributed by atoms with E-state index in [9.17, 15) is 9.18 Å². The number of benzene rings is 2. The summed E-state index contributed by atoms with van der Waals surface area (Å²) >= 11 is 0. The zero-order valence-electron chi connectivity index (χ0n) is 14.6. The molecule has 0 bridgehead atoms. The van der Waals surface area contributed by atoms with Gasteiger partial charge in [-0.1, -0.05) is 18.2 Å². The van der Waals surface area contributed by atoms with Crippen LogP contribution in [-0.2, 0) is 4.79 Å². The average molecular weight is 360 g/mol. The van der Waals surface area contributed by atoms with E-state index in [2.05, 4.69) is 15.3 Å². The van der Waals surface area contributed by atoms with Gasteiger partial charge in [0.2, 0.25) is 12.4 Å². The molecule has 0 aliphatic heterocycles. The van der Waals surface area contributed by atoms with Crippen molar-refractivity contribution in [3.8, 4) is 16.8 Å². The first kappa shape index (κ1) is 16.9.